The molecule has 10 heteroatoms. The van der Waals surface area contributed by atoms with E-state index in [4.69, 9.17) is 0 Å². The summed E-state index contributed by atoms with van der Waals surface area (Å²) in [7, 11) is -3.41. The van der Waals surface area contributed by atoms with E-state index in [0.29, 0.717) is 22.9 Å². The Morgan fingerprint density at radius 1 is 1.23 bits per heavy atom. The number of fused-ring (bicyclic) bond motifs is 1. The highest BCUT2D eigenvalue weighted by Gasteiger charge is 2.25. The van der Waals surface area contributed by atoms with E-state index in [1.54, 1.807) is 58.8 Å². The lowest BCUT2D eigenvalue weighted by Crippen LogP contribution is -2.37. The molecule has 26 heavy (non-hydrogen) atoms. The number of nitrogens with zero attached hydrogens (tertiary/aromatic N) is 5. The van der Waals surface area contributed by atoms with Gasteiger partial charge in [0, 0.05) is 25.1 Å². The Bertz CT molecular complexity index is 1040. The number of imidazole rings is 1. The molecule has 2 aromatic heterocycles. The van der Waals surface area contributed by atoms with Crippen LogP contribution in [-0.4, -0.2) is 51.9 Å². The summed E-state index contributed by atoms with van der Waals surface area (Å²) >= 11 is 0. The summed E-state index contributed by atoms with van der Waals surface area (Å²) < 4.78 is 28.5. The van der Waals surface area contributed by atoms with Gasteiger partial charge >= 0.3 is 0 Å². The van der Waals surface area contributed by atoms with Crippen molar-refractivity contribution in [3.8, 4) is 5.82 Å². The number of carbonyl (C=O) groups excluding carboxylic acids is 1. The zero-order valence-electron chi connectivity index (χ0n) is 13.5. The van der Waals surface area contributed by atoms with E-state index in [1.807, 2.05) is 0 Å². The lowest BCUT2D eigenvalue weighted by Gasteiger charge is -2.26. The maximum atomic E-state index is 12.4. The second-order valence-electron chi connectivity index (χ2n) is 5.68. The van der Waals surface area contributed by atoms with Gasteiger partial charge in [-0.3, -0.25) is 9.36 Å². The molecule has 0 saturated heterocycles. The van der Waals surface area contributed by atoms with Gasteiger partial charge in [0.15, 0.2) is 0 Å². The largest absolute Gasteiger partial charge is 0.330 e. The predicted octanol–water partition coefficient (Wildman–Crippen LogP) is 0.703. The first-order valence-corrected chi connectivity index (χ1v) is 9.36. The van der Waals surface area contributed by atoms with E-state index >= 15 is 0 Å². The quantitative estimate of drug-likeness (QED) is 0.852. The molecule has 0 radical (unpaired) electrons. The smallest absolute Gasteiger partial charge is 0.257 e. The molecule has 0 fully saturated rings. The molecule has 0 aliphatic carbocycles. The summed E-state index contributed by atoms with van der Waals surface area (Å²) in [5, 5.41) is 2.77. The van der Waals surface area contributed by atoms with Crippen LogP contribution in [0.25, 0.3) is 5.82 Å². The number of hydrogen-bond acceptors (Lipinski definition) is 6. The molecule has 1 amide bonds. The Balaban J connectivity index is 1.47. The third-order valence-corrected chi connectivity index (χ3v) is 5.02. The zero-order valence-corrected chi connectivity index (χ0v) is 14.3. The lowest BCUT2D eigenvalue weighted by molar-refractivity contribution is -0.112. The first-order valence-electron chi connectivity index (χ1n) is 7.75. The van der Waals surface area contributed by atoms with Crippen molar-refractivity contribution in [1.82, 2.24) is 19.4 Å². The minimum Gasteiger partial charge on any atom is -0.330 e. The average molecular weight is 370 g/mol. The summed E-state index contributed by atoms with van der Waals surface area (Å²) in [4.78, 5) is 22.3. The van der Waals surface area contributed by atoms with Crippen LogP contribution in [-0.2, 0) is 14.8 Å². The number of amides is 1. The molecule has 9 nitrogen and oxygen atoms in total. The second kappa shape index (κ2) is 6.23. The third-order valence-electron chi connectivity index (χ3n) is 3.86. The van der Waals surface area contributed by atoms with E-state index in [9.17, 15) is 13.2 Å². The van der Waals surface area contributed by atoms with Crippen LogP contribution in [0.4, 0.5) is 5.69 Å². The summed E-state index contributed by atoms with van der Waals surface area (Å²) in [5.41, 5.74) is 0.954. The van der Waals surface area contributed by atoms with Gasteiger partial charge in [0.2, 0.25) is 0 Å². The number of sulfonamides is 1. The highest BCUT2D eigenvalue weighted by atomic mass is 32.2. The molecule has 0 saturated carbocycles. The van der Waals surface area contributed by atoms with Gasteiger partial charge in [0.05, 0.1) is 23.2 Å². The SMILES string of the molecule is O=C(Nc1ccc(-n2ccnc2)nc1)C1=CN2CCS(=O)(=O)N=C2C=C1. The van der Waals surface area contributed by atoms with Gasteiger partial charge in [0.25, 0.3) is 15.9 Å². The van der Waals surface area contributed by atoms with E-state index in [-0.39, 0.29) is 18.2 Å². The summed E-state index contributed by atoms with van der Waals surface area (Å²) in [6, 6.07) is 3.51. The first-order chi connectivity index (χ1) is 12.5. The molecule has 0 spiro atoms. The molecule has 1 N–H and O–H groups in total. The molecule has 2 aliphatic heterocycles. The average Bonchev–Trinajstić information content (AvgIpc) is 3.16. The molecular formula is C16H14N6O3S. The van der Waals surface area contributed by atoms with Gasteiger partial charge in [-0.1, -0.05) is 0 Å². The number of anilines is 1. The third kappa shape index (κ3) is 3.26. The van der Waals surface area contributed by atoms with Crippen LogP contribution in [0.2, 0.25) is 0 Å². The van der Waals surface area contributed by atoms with Crippen molar-refractivity contribution in [3.05, 3.63) is 61.0 Å². The van der Waals surface area contributed by atoms with Crippen molar-refractivity contribution in [2.45, 2.75) is 0 Å². The minimum absolute atomic E-state index is 0.0740. The normalized spacial score (nSPS) is 17.9. The number of rotatable bonds is 3. The van der Waals surface area contributed by atoms with E-state index in [0.717, 1.165) is 0 Å². The Morgan fingerprint density at radius 3 is 2.85 bits per heavy atom. The fourth-order valence-electron chi connectivity index (χ4n) is 2.55. The summed E-state index contributed by atoms with van der Waals surface area (Å²) in [5.74, 6) is 0.618. The van der Waals surface area contributed by atoms with Crippen LogP contribution in [0.5, 0.6) is 0 Å². The highest BCUT2D eigenvalue weighted by molar-refractivity contribution is 7.90. The highest BCUT2D eigenvalue weighted by Crippen LogP contribution is 2.17. The topological polar surface area (TPSA) is 110 Å². The van der Waals surface area contributed by atoms with E-state index < -0.39 is 10.0 Å². The number of carbonyl (C=O) groups is 1. The number of pyridine rings is 1. The van der Waals surface area contributed by atoms with Crippen molar-refractivity contribution in [2.75, 3.05) is 17.6 Å². The Hall–Kier alpha value is -3.27. The van der Waals surface area contributed by atoms with Crippen molar-refractivity contribution >= 4 is 27.5 Å². The molecule has 0 unspecified atom stereocenters. The minimum atomic E-state index is -3.41. The molecular weight excluding hydrogens is 356 g/mol. The number of amidine groups is 1. The van der Waals surface area contributed by atoms with E-state index in [2.05, 4.69) is 19.7 Å². The second-order valence-corrected chi connectivity index (χ2v) is 7.43. The van der Waals surface area contributed by atoms with Crippen molar-refractivity contribution < 1.29 is 13.2 Å². The van der Waals surface area contributed by atoms with Crippen LogP contribution in [0.3, 0.4) is 0 Å². The Morgan fingerprint density at radius 2 is 2.12 bits per heavy atom. The van der Waals surface area contributed by atoms with Crippen molar-refractivity contribution in [2.24, 2.45) is 4.40 Å². The summed E-state index contributed by atoms with van der Waals surface area (Å²) in [6.07, 6.45) is 11.3. The van der Waals surface area contributed by atoms with Crippen LogP contribution in [0.1, 0.15) is 0 Å². The van der Waals surface area contributed by atoms with Crippen LogP contribution < -0.4 is 5.32 Å². The monoisotopic (exact) mass is 370 g/mol. The van der Waals surface area contributed by atoms with Gasteiger partial charge in [0.1, 0.15) is 18.0 Å². The molecule has 132 valence electrons. The standard InChI is InChI=1S/C16H14N6O3S/c23-16(12-1-3-15-20-26(24,25)8-7-21(15)10-12)19-13-2-4-14(18-9-13)22-6-5-17-11-22/h1-6,9-11H,7-8H2,(H,19,23). The fourth-order valence-corrected chi connectivity index (χ4v) is 3.52. The van der Waals surface area contributed by atoms with Crippen molar-refractivity contribution in [3.63, 3.8) is 0 Å². The van der Waals surface area contributed by atoms with Gasteiger partial charge in [-0.15, -0.1) is 4.40 Å². The number of aromatic nitrogens is 3. The van der Waals surface area contributed by atoms with Crippen LogP contribution in [0.15, 0.2) is 65.4 Å². The maximum Gasteiger partial charge on any atom is 0.257 e. The molecule has 0 aromatic carbocycles. The summed E-state index contributed by atoms with van der Waals surface area (Å²) in [6.45, 7) is 0.267. The molecule has 2 aliphatic rings. The fraction of sp³-hybridized carbons (Fsp3) is 0.125. The zero-order chi connectivity index (χ0) is 18.1. The Kier molecular flexibility index (Phi) is 3.88. The number of nitrogens with one attached hydrogen (secondary N) is 1. The Labute approximate surface area is 149 Å². The lowest BCUT2D eigenvalue weighted by atomic mass is 10.1. The van der Waals surface area contributed by atoms with Gasteiger partial charge in [-0.2, -0.15) is 0 Å². The first kappa shape index (κ1) is 16.2. The van der Waals surface area contributed by atoms with Gasteiger partial charge in [-0.25, -0.2) is 18.4 Å². The molecule has 0 bridgehead atoms. The molecule has 4 rings (SSSR count). The molecule has 4 heterocycles. The predicted molar refractivity (Wildman–Crippen MR) is 95.1 cm³/mol. The van der Waals surface area contributed by atoms with Gasteiger partial charge in [-0.05, 0) is 24.3 Å². The van der Waals surface area contributed by atoms with Gasteiger partial charge < -0.3 is 10.2 Å². The molecule has 0 atom stereocenters. The number of hydrogen-bond donors (Lipinski definition) is 1. The van der Waals surface area contributed by atoms with Crippen LogP contribution in [0, 0.1) is 0 Å². The maximum absolute atomic E-state index is 12.4. The molecule has 2 aromatic rings. The van der Waals surface area contributed by atoms with E-state index in [1.165, 1.54) is 6.08 Å². The van der Waals surface area contributed by atoms with Crippen molar-refractivity contribution in [1.29, 1.82) is 0 Å². The van der Waals surface area contributed by atoms with Crippen LogP contribution >= 0.6 is 0 Å².